The molecule has 0 spiro atoms. The van der Waals surface area contributed by atoms with Gasteiger partial charge in [0.15, 0.2) is 0 Å². The van der Waals surface area contributed by atoms with Crippen LogP contribution >= 0.6 is 0 Å². The molecule has 0 fully saturated rings. The highest BCUT2D eigenvalue weighted by Gasteiger charge is 2.21. The SMILES string of the molecule is Cn1cc(CNC(=O)c2n[nH]c(C(C)(C)C)n2)cn1. The zero-order valence-corrected chi connectivity index (χ0v) is 11.6. The summed E-state index contributed by atoms with van der Waals surface area (Å²) in [6.45, 7) is 6.42. The third kappa shape index (κ3) is 3.18. The van der Waals surface area contributed by atoms with Crippen molar-refractivity contribution in [2.24, 2.45) is 7.05 Å². The van der Waals surface area contributed by atoms with Crippen molar-refractivity contribution >= 4 is 5.91 Å². The Hall–Kier alpha value is -2.18. The Labute approximate surface area is 111 Å². The van der Waals surface area contributed by atoms with E-state index in [0.29, 0.717) is 12.4 Å². The summed E-state index contributed by atoms with van der Waals surface area (Å²) in [5, 5.41) is 13.5. The maximum atomic E-state index is 11.9. The largest absolute Gasteiger partial charge is 0.345 e. The van der Waals surface area contributed by atoms with Gasteiger partial charge in [0.05, 0.1) is 6.20 Å². The van der Waals surface area contributed by atoms with Crippen LogP contribution in [0.4, 0.5) is 0 Å². The van der Waals surface area contributed by atoms with Crippen LogP contribution in [0.2, 0.25) is 0 Å². The van der Waals surface area contributed by atoms with Crippen LogP contribution in [0.1, 0.15) is 42.8 Å². The number of rotatable bonds is 3. The lowest BCUT2D eigenvalue weighted by Gasteiger charge is -2.12. The number of carbonyl (C=O) groups excluding carboxylic acids is 1. The van der Waals surface area contributed by atoms with Gasteiger partial charge in [0.25, 0.3) is 5.91 Å². The smallest absolute Gasteiger partial charge is 0.291 e. The number of nitrogens with one attached hydrogen (secondary N) is 2. The molecule has 0 saturated heterocycles. The lowest BCUT2D eigenvalue weighted by molar-refractivity contribution is 0.0941. The van der Waals surface area contributed by atoms with Gasteiger partial charge in [-0.3, -0.25) is 14.6 Å². The maximum Gasteiger partial charge on any atom is 0.291 e. The fraction of sp³-hybridized carbons (Fsp3) is 0.500. The van der Waals surface area contributed by atoms with Gasteiger partial charge in [-0.2, -0.15) is 5.10 Å². The molecule has 2 aromatic heterocycles. The summed E-state index contributed by atoms with van der Waals surface area (Å²) < 4.78 is 1.69. The van der Waals surface area contributed by atoms with Crippen molar-refractivity contribution in [1.82, 2.24) is 30.3 Å². The molecule has 0 aliphatic carbocycles. The number of carbonyl (C=O) groups is 1. The van der Waals surface area contributed by atoms with Crippen molar-refractivity contribution in [3.8, 4) is 0 Å². The van der Waals surface area contributed by atoms with Crippen molar-refractivity contribution in [2.45, 2.75) is 32.7 Å². The van der Waals surface area contributed by atoms with Gasteiger partial charge in [0.2, 0.25) is 5.82 Å². The van der Waals surface area contributed by atoms with Gasteiger partial charge < -0.3 is 5.32 Å². The fourth-order valence-electron chi connectivity index (χ4n) is 1.52. The van der Waals surface area contributed by atoms with Gasteiger partial charge in [0, 0.05) is 30.8 Å². The molecular formula is C12H18N6O. The number of aromatic amines is 1. The van der Waals surface area contributed by atoms with Crippen LogP contribution in [0.5, 0.6) is 0 Å². The molecule has 2 heterocycles. The van der Waals surface area contributed by atoms with Gasteiger partial charge in [-0.25, -0.2) is 4.98 Å². The van der Waals surface area contributed by atoms with E-state index in [-0.39, 0.29) is 17.1 Å². The molecule has 0 aliphatic heterocycles. The van der Waals surface area contributed by atoms with Crippen LogP contribution < -0.4 is 5.32 Å². The van der Waals surface area contributed by atoms with Crippen LogP contribution in [0.25, 0.3) is 0 Å². The third-order valence-electron chi connectivity index (χ3n) is 2.61. The predicted octanol–water partition coefficient (Wildman–Crippen LogP) is 0.766. The summed E-state index contributed by atoms with van der Waals surface area (Å²) in [6.07, 6.45) is 3.55. The van der Waals surface area contributed by atoms with Crippen LogP contribution in [0.3, 0.4) is 0 Å². The zero-order valence-electron chi connectivity index (χ0n) is 11.6. The lowest BCUT2D eigenvalue weighted by atomic mass is 9.96. The molecule has 2 rings (SSSR count). The van der Waals surface area contributed by atoms with E-state index >= 15 is 0 Å². The quantitative estimate of drug-likeness (QED) is 0.855. The Balaban J connectivity index is 1.98. The second-order valence-electron chi connectivity index (χ2n) is 5.46. The Bertz CT molecular complexity index is 577. The molecule has 102 valence electrons. The second-order valence-corrected chi connectivity index (χ2v) is 5.46. The van der Waals surface area contributed by atoms with E-state index in [1.807, 2.05) is 34.0 Å². The molecule has 0 atom stereocenters. The van der Waals surface area contributed by atoms with Gasteiger partial charge in [-0.05, 0) is 0 Å². The molecule has 19 heavy (non-hydrogen) atoms. The van der Waals surface area contributed by atoms with E-state index in [2.05, 4.69) is 25.6 Å². The summed E-state index contributed by atoms with van der Waals surface area (Å²) in [4.78, 5) is 16.1. The highest BCUT2D eigenvalue weighted by molar-refractivity contribution is 5.90. The molecule has 0 aromatic carbocycles. The van der Waals surface area contributed by atoms with E-state index < -0.39 is 0 Å². The first kappa shape index (κ1) is 13.3. The third-order valence-corrected chi connectivity index (χ3v) is 2.61. The normalized spacial score (nSPS) is 11.6. The lowest BCUT2D eigenvalue weighted by Crippen LogP contribution is -2.24. The number of hydrogen-bond acceptors (Lipinski definition) is 4. The summed E-state index contributed by atoms with van der Waals surface area (Å²) >= 11 is 0. The minimum atomic E-state index is -0.296. The van der Waals surface area contributed by atoms with Crippen LogP contribution in [-0.4, -0.2) is 30.9 Å². The first-order valence-electron chi connectivity index (χ1n) is 6.05. The Morgan fingerprint density at radius 2 is 2.21 bits per heavy atom. The first-order chi connectivity index (χ1) is 8.86. The number of aryl methyl sites for hydroxylation is 1. The summed E-state index contributed by atoms with van der Waals surface area (Å²) in [5.41, 5.74) is 0.775. The average Bonchev–Trinajstić information content (AvgIpc) is 2.93. The standard InChI is InChI=1S/C12H18N6O/c1-12(2,3)11-15-9(16-17-11)10(19)13-5-8-6-14-18(4)7-8/h6-7H,5H2,1-4H3,(H,13,19)(H,15,16,17). The second kappa shape index (κ2) is 4.83. The molecule has 7 heteroatoms. The molecule has 7 nitrogen and oxygen atoms in total. The highest BCUT2D eigenvalue weighted by Crippen LogP contribution is 2.17. The topological polar surface area (TPSA) is 88.5 Å². The van der Waals surface area contributed by atoms with Crippen LogP contribution in [-0.2, 0) is 19.0 Å². The molecule has 0 radical (unpaired) electrons. The maximum absolute atomic E-state index is 11.9. The monoisotopic (exact) mass is 262 g/mol. The minimum Gasteiger partial charge on any atom is -0.345 e. The summed E-state index contributed by atoms with van der Waals surface area (Å²) in [6, 6.07) is 0. The van der Waals surface area contributed by atoms with Crippen molar-refractivity contribution < 1.29 is 4.79 Å². The Morgan fingerprint density at radius 1 is 1.47 bits per heavy atom. The van der Waals surface area contributed by atoms with Crippen molar-refractivity contribution in [3.05, 3.63) is 29.6 Å². The number of nitrogens with zero attached hydrogens (tertiary/aromatic N) is 4. The number of H-pyrrole nitrogens is 1. The Morgan fingerprint density at radius 3 is 2.74 bits per heavy atom. The molecule has 0 saturated carbocycles. The van der Waals surface area contributed by atoms with Gasteiger partial charge in [0.1, 0.15) is 5.82 Å². The van der Waals surface area contributed by atoms with Crippen LogP contribution in [0, 0.1) is 0 Å². The molecular weight excluding hydrogens is 244 g/mol. The summed E-state index contributed by atoms with van der Waals surface area (Å²) in [7, 11) is 1.83. The van der Waals surface area contributed by atoms with E-state index in [4.69, 9.17) is 0 Å². The molecule has 2 aromatic rings. The number of amides is 1. The van der Waals surface area contributed by atoms with Crippen molar-refractivity contribution in [1.29, 1.82) is 0 Å². The molecule has 1 amide bonds. The van der Waals surface area contributed by atoms with Crippen LogP contribution in [0.15, 0.2) is 12.4 Å². The van der Waals surface area contributed by atoms with Gasteiger partial charge in [-0.15, -0.1) is 5.10 Å². The highest BCUT2D eigenvalue weighted by atomic mass is 16.2. The molecule has 2 N–H and O–H groups in total. The minimum absolute atomic E-state index is 0.158. The summed E-state index contributed by atoms with van der Waals surface area (Å²) in [5.74, 6) is 0.559. The number of aromatic nitrogens is 5. The average molecular weight is 262 g/mol. The molecule has 0 unspecified atom stereocenters. The fourth-order valence-corrected chi connectivity index (χ4v) is 1.52. The van der Waals surface area contributed by atoms with E-state index in [1.165, 1.54) is 0 Å². The van der Waals surface area contributed by atoms with E-state index in [1.54, 1.807) is 10.9 Å². The molecule has 0 aliphatic rings. The number of hydrogen-bond donors (Lipinski definition) is 2. The van der Waals surface area contributed by atoms with Gasteiger partial charge in [-0.1, -0.05) is 20.8 Å². The Kier molecular flexibility index (Phi) is 3.37. The van der Waals surface area contributed by atoms with E-state index in [0.717, 1.165) is 5.56 Å². The van der Waals surface area contributed by atoms with Crippen molar-refractivity contribution in [2.75, 3.05) is 0 Å². The first-order valence-corrected chi connectivity index (χ1v) is 6.05. The zero-order chi connectivity index (χ0) is 14.0. The van der Waals surface area contributed by atoms with E-state index in [9.17, 15) is 4.79 Å². The van der Waals surface area contributed by atoms with Crippen molar-refractivity contribution in [3.63, 3.8) is 0 Å². The predicted molar refractivity (Wildman–Crippen MR) is 69.5 cm³/mol. The van der Waals surface area contributed by atoms with Gasteiger partial charge >= 0.3 is 0 Å². The molecule has 0 bridgehead atoms.